The lowest BCUT2D eigenvalue weighted by atomic mass is 10.6. The molecule has 1 aromatic heterocycles. The van der Waals surface area contributed by atoms with Gasteiger partial charge >= 0.3 is 0 Å². The Balaban J connectivity index is 0.00000144. The molecule has 0 aromatic carbocycles. The smallest absolute Gasteiger partial charge is 0.209 e. The van der Waals surface area contributed by atoms with E-state index < -0.39 is 9.84 Å². The van der Waals surface area contributed by atoms with Gasteiger partial charge in [-0.05, 0) is 0 Å². The Morgan fingerprint density at radius 2 is 2.23 bits per heavy atom. The van der Waals surface area contributed by atoms with Crippen LogP contribution < -0.4 is 5.73 Å². The second kappa shape index (κ2) is 4.90. The van der Waals surface area contributed by atoms with Gasteiger partial charge in [-0.2, -0.15) is 0 Å². The summed E-state index contributed by atoms with van der Waals surface area (Å²) < 4.78 is 22.6. The molecule has 4 nitrogen and oxygen atoms in total. The van der Waals surface area contributed by atoms with E-state index in [0.29, 0.717) is 6.54 Å². The van der Waals surface area contributed by atoms with E-state index in [1.807, 2.05) is 0 Å². The maximum Gasteiger partial charge on any atom is 0.209 e. The first-order valence-corrected chi connectivity index (χ1v) is 5.94. The highest BCUT2D eigenvalue weighted by Gasteiger charge is 2.15. The molecule has 0 aliphatic rings. The van der Waals surface area contributed by atoms with Crippen LogP contribution in [0, 0.1) is 0 Å². The average molecular weight is 243 g/mol. The molecule has 0 saturated carbocycles. The van der Waals surface area contributed by atoms with Crippen LogP contribution in [0.2, 0.25) is 0 Å². The molecule has 13 heavy (non-hydrogen) atoms. The van der Waals surface area contributed by atoms with Crippen LogP contribution in [0.5, 0.6) is 0 Å². The van der Waals surface area contributed by atoms with E-state index in [0.717, 1.165) is 16.2 Å². The summed E-state index contributed by atoms with van der Waals surface area (Å²) in [4.78, 5) is 4.57. The average Bonchev–Trinajstić information content (AvgIpc) is 2.52. The summed E-state index contributed by atoms with van der Waals surface area (Å²) in [6.45, 7) is 1.94. The fraction of sp³-hybridized carbons (Fsp3) is 0.500. The normalized spacial score (nSPS) is 10.9. The van der Waals surface area contributed by atoms with Gasteiger partial charge in [-0.3, -0.25) is 0 Å². The van der Waals surface area contributed by atoms with Gasteiger partial charge in [0.1, 0.15) is 0 Å². The Hall–Kier alpha value is -0.170. The molecule has 0 bridgehead atoms. The lowest BCUT2D eigenvalue weighted by Crippen LogP contribution is -2.02. The van der Waals surface area contributed by atoms with Crippen molar-refractivity contribution in [3.05, 3.63) is 11.1 Å². The summed E-state index contributed by atoms with van der Waals surface area (Å²) in [5.41, 5.74) is 5.32. The van der Waals surface area contributed by atoms with Crippen molar-refractivity contribution in [1.29, 1.82) is 0 Å². The number of nitrogens with zero attached hydrogens (tertiary/aromatic N) is 1. The van der Waals surface area contributed by atoms with Gasteiger partial charge in [-0.15, -0.1) is 23.7 Å². The van der Waals surface area contributed by atoms with Gasteiger partial charge in [0.25, 0.3) is 0 Å². The minimum atomic E-state index is -3.14. The highest BCUT2D eigenvalue weighted by Crippen LogP contribution is 2.18. The second-order valence-corrected chi connectivity index (χ2v) is 5.77. The van der Waals surface area contributed by atoms with Crippen molar-refractivity contribution in [1.82, 2.24) is 4.98 Å². The van der Waals surface area contributed by atoms with Crippen molar-refractivity contribution in [2.75, 3.05) is 5.75 Å². The lowest BCUT2D eigenvalue weighted by Gasteiger charge is -1.92. The predicted octanol–water partition coefficient (Wildman–Crippen LogP) is 0.817. The van der Waals surface area contributed by atoms with E-state index in [-0.39, 0.29) is 22.5 Å². The molecule has 1 aromatic rings. The number of rotatable bonds is 3. The Morgan fingerprint density at radius 3 is 2.62 bits per heavy atom. The topological polar surface area (TPSA) is 73.0 Å². The van der Waals surface area contributed by atoms with Crippen LogP contribution >= 0.6 is 23.7 Å². The first kappa shape index (κ1) is 12.8. The van der Waals surface area contributed by atoms with Crippen molar-refractivity contribution < 1.29 is 8.42 Å². The van der Waals surface area contributed by atoms with E-state index in [1.165, 1.54) is 6.20 Å². The van der Waals surface area contributed by atoms with E-state index in [2.05, 4.69) is 4.98 Å². The summed E-state index contributed by atoms with van der Waals surface area (Å²) in [6.07, 6.45) is 1.51. The number of hydrogen-bond donors (Lipinski definition) is 1. The Morgan fingerprint density at radius 1 is 1.62 bits per heavy atom. The fourth-order valence-electron chi connectivity index (χ4n) is 0.651. The zero-order valence-corrected chi connectivity index (χ0v) is 9.51. The van der Waals surface area contributed by atoms with Crippen LogP contribution in [0.25, 0.3) is 0 Å². The maximum absolute atomic E-state index is 11.2. The zero-order valence-electron chi connectivity index (χ0n) is 7.06. The van der Waals surface area contributed by atoms with Crippen LogP contribution in [0.1, 0.15) is 11.8 Å². The van der Waals surface area contributed by atoms with Crippen LogP contribution in [0.3, 0.4) is 0 Å². The fourth-order valence-corrected chi connectivity index (χ4v) is 2.81. The standard InChI is InChI=1S/C6H10N2O2S2.ClH/c1-2-12(9,10)6-8-4-5(3-7)11-6;/h4H,2-3,7H2,1H3;1H. The van der Waals surface area contributed by atoms with Crippen molar-refractivity contribution in [2.24, 2.45) is 5.73 Å². The third-order valence-electron chi connectivity index (χ3n) is 1.38. The lowest BCUT2D eigenvalue weighted by molar-refractivity contribution is 0.596. The first-order valence-electron chi connectivity index (χ1n) is 3.47. The molecule has 0 fully saturated rings. The van der Waals surface area contributed by atoms with Crippen LogP contribution in [0.4, 0.5) is 0 Å². The van der Waals surface area contributed by atoms with E-state index in [1.54, 1.807) is 6.92 Å². The van der Waals surface area contributed by atoms with Crippen molar-refractivity contribution in [3.63, 3.8) is 0 Å². The molecule has 0 spiro atoms. The monoisotopic (exact) mass is 242 g/mol. The third-order valence-corrected chi connectivity index (χ3v) is 4.60. The number of hydrogen-bond acceptors (Lipinski definition) is 5. The second-order valence-electron chi connectivity index (χ2n) is 2.20. The summed E-state index contributed by atoms with van der Waals surface area (Å²) >= 11 is 1.14. The number of halogens is 1. The van der Waals surface area contributed by atoms with E-state index >= 15 is 0 Å². The Bertz CT molecular complexity index is 360. The number of thiazole rings is 1. The van der Waals surface area contributed by atoms with Crippen LogP contribution in [-0.2, 0) is 16.4 Å². The molecule has 0 amide bonds. The van der Waals surface area contributed by atoms with Crippen molar-refractivity contribution in [3.8, 4) is 0 Å². The van der Waals surface area contributed by atoms with Gasteiger partial charge in [-0.25, -0.2) is 13.4 Å². The van der Waals surface area contributed by atoms with E-state index in [4.69, 9.17) is 5.73 Å². The van der Waals surface area contributed by atoms with Gasteiger partial charge in [0.05, 0.1) is 5.75 Å². The van der Waals surface area contributed by atoms with Gasteiger partial charge in [0, 0.05) is 17.6 Å². The molecule has 0 saturated heterocycles. The highest BCUT2D eigenvalue weighted by molar-refractivity contribution is 7.93. The zero-order chi connectivity index (χ0) is 9.19. The summed E-state index contributed by atoms with van der Waals surface area (Å²) in [5, 5.41) is 0. The third kappa shape index (κ3) is 2.91. The molecule has 1 heterocycles. The first-order chi connectivity index (χ1) is 5.60. The van der Waals surface area contributed by atoms with Crippen LogP contribution in [0.15, 0.2) is 10.5 Å². The Kier molecular flexibility index (Phi) is 4.83. The van der Waals surface area contributed by atoms with Gasteiger partial charge in [0.2, 0.25) is 14.2 Å². The molecular weight excluding hydrogens is 232 g/mol. The number of nitrogens with two attached hydrogens (primary N) is 1. The minimum absolute atomic E-state index is 0. The molecule has 0 aliphatic carbocycles. The molecule has 0 radical (unpaired) electrons. The van der Waals surface area contributed by atoms with Gasteiger partial charge in [0.15, 0.2) is 0 Å². The SMILES string of the molecule is CCS(=O)(=O)c1ncc(CN)s1.Cl. The van der Waals surface area contributed by atoms with Gasteiger partial charge in [-0.1, -0.05) is 6.92 Å². The van der Waals surface area contributed by atoms with Crippen molar-refractivity contribution in [2.45, 2.75) is 17.8 Å². The Labute approximate surface area is 87.5 Å². The largest absolute Gasteiger partial charge is 0.326 e. The summed E-state index contributed by atoms with van der Waals surface area (Å²) in [7, 11) is -3.14. The molecule has 76 valence electrons. The predicted molar refractivity (Wildman–Crippen MR) is 55.0 cm³/mol. The molecular formula is C6H11ClN2O2S2. The summed E-state index contributed by atoms with van der Waals surface area (Å²) in [5.74, 6) is 0.0878. The molecule has 7 heteroatoms. The quantitative estimate of drug-likeness (QED) is 0.852. The molecule has 1 rings (SSSR count). The van der Waals surface area contributed by atoms with Crippen LogP contribution in [-0.4, -0.2) is 19.2 Å². The van der Waals surface area contributed by atoms with Crippen molar-refractivity contribution >= 4 is 33.6 Å². The van der Waals surface area contributed by atoms with Gasteiger partial charge < -0.3 is 5.73 Å². The number of sulfone groups is 1. The molecule has 2 N–H and O–H groups in total. The number of aromatic nitrogens is 1. The summed E-state index contributed by atoms with van der Waals surface area (Å²) in [6, 6.07) is 0. The maximum atomic E-state index is 11.2. The molecule has 0 unspecified atom stereocenters. The molecule has 0 atom stereocenters. The molecule has 0 aliphatic heterocycles. The highest BCUT2D eigenvalue weighted by atomic mass is 35.5. The van der Waals surface area contributed by atoms with E-state index in [9.17, 15) is 8.42 Å². The minimum Gasteiger partial charge on any atom is -0.326 e.